The number of aliphatic carboxylic acids is 1. The monoisotopic (exact) mass is 303 g/mol. The van der Waals surface area contributed by atoms with Gasteiger partial charge >= 0.3 is 0 Å². The van der Waals surface area contributed by atoms with E-state index < -0.39 is 5.97 Å². The van der Waals surface area contributed by atoms with Crippen LogP contribution in [0.2, 0.25) is 0 Å². The molecule has 0 aromatic heterocycles. The Kier molecular flexibility index (Phi) is 5.88. The molecule has 2 aromatic carbocycles. The van der Waals surface area contributed by atoms with Gasteiger partial charge in [-0.1, -0.05) is 67.2 Å². The van der Waals surface area contributed by atoms with E-state index in [9.17, 15) is 9.90 Å². The smallest absolute Gasteiger partial charge is 0.0779 e. The van der Waals surface area contributed by atoms with E-state index in [0.29, 0.717) is 0 Å². The van der Waals surface area contributed by atoms with Gasteiger partial charge in [-0.3, -0.25) is 0 Å². The number of halogens is 1. The zero-order chi connectivity index (χ0) is 13.4. The first-order valence-corrected chi connectivity index (χ1v) is 6.07. The van der Waals surface area contributed by atoms with Crippen LogP contribution in [0, 0.1) is 0 Å². The van der Waals surface area contributed by atoms with Gasteiger partial charge in [0.15, 0.2) is 0 Å². The fourth-order valence-electron chi connectivity index (χ4n) is 1.26. The Bertz CT molecular complexity index is 457. The third-order valence-electron chi connectivity index (χ3n) is 2.10. The molecule has 0 N–H and O–H groups in total. The number of hydrogen-bond acceptors (Lipinski definition) is 2. The van der Waals surface area contributed by atoms with Gasteiger partial charge in [-0.2, -0.15) is 0 Å². The number of hydrogen-bond donors (Lipinski definition) is 0. The first kappa shape index (κ1) is 14.2. The van der Waals surface area contributed by atoms with E-state index in [2.05, 4.69) is 71.0 Å². The summed E-state index contributed by atoms with van der Waals surface area (Å²) in [6, 6.07) is 20.8. The standard InChI is InChI=1S/C12H10.C3H3BrO2/c1-3-7-11(8-4-1)12-9-5-2-6-10-12;1-2(4)3(5)6/h1-10H;1H2,(H,5,6)/p-1. The topological polar surface area (TPSA) is 40.1 Å². The Balaban J connectivity index is 0.000000232. The van der Waals surface area contributed by atoms with E-state index in [0.717, 1.165) is 0 Å². The van der Waals surface area contributed by atoms with Gasteiger partial charge in [0.05, 0.1) is 5.97 Å². The lowest BCUT2D eigenvalue weighted by Gasteiger charge is -1.98. The number of carbonyl (C=O) groups is 1. The second-order valence-corrected chi connectivity index (χ2v) is 4.38. The van der Waals surface area contributed by atoms with Crippen molar-refractivity contribution in [3.8, 4) is 11.1 Å². The predicted molar refractivity (Wildman–Crippen MR) is 75.0 cm³/mol. The molecule has 92 valence electrons. The lowest BCUT2D eigenvalue weighted by atomic mass is 10.1. The molecular formula is C15H12BrO2-. The molecule has 0 aliphatic rings. The Morgan fingerprint density at radius 2 is 1.17 bits per heavy atom. The van der Waals surface area contributed by atoms with Crippen LogP contribution in [0.3, 0.4) is 0 Å². The summed E-state index contributed by atoms with van der Waals surface area (Å²) in [5.41, 5.74) is 2.55. The van der Waals surface area contributed by atoms with Gasteiger partial charge in [0, 0.05) is 4.48 Å². The van der Waals surface area contributed by atoms with Crippen LogP contribution in [0.25, 0.3) is 11.1 Å². The third kappa shape index (κ3) is 4.97. The van der Waals surface area contributed by atoms with Crippen LogP contribution in [-0.2, 0) is 4.79 Å². The van der Waals surface area contributed by atoms with E-state index in [4.69, 9.17) is 0 Å². The molecule has 0 aliphatic carbocycles. The highest BCUT2D eigenvalue weighted by atomic mass is 79.9. The fourth-order valence-corrected chi connectivity index (χ4v) is 1.26. The zero-order valence-corrected chi connectivity index (χ0v) is 11.3. The minimum atomic E-state index is -1.27. The van der Waals surface area contributed by atoms with Crippen molar-refractivity contribution in [1.82, 2.24) is 0 Å². The molecule has 0 atom stereocenters. The first-order valence-electron chi connectivity index (χ1n) is 5.27. The summed E-state index contributed by atoms with van der Waals surface area (Å²) in [5, 5.41) is 9.44. The molecule has 0 radical (unpaired) electrons. The molecule has 0 unspecified atom stereocenters. The zero-order valence-electron chi connectivity index (χ0n) is 9.68. The molecule has 2 aromatic rings. The van der Waals surface area contributed by atoms with Crippen molar-refractivity contribution < 1.29 is 9.90 Å². The number of benzene rings is 2. The van der Waals surface area contributed by atoms with Crippen LogP contribution >= 0.6 is 15.9 Å². The minimum Gasteiger partial charge on any atom is -0.544 e. The van der Waals surface area contributed by atoms with Gasteiger partial charge in [-0.25, -0.2) is 0 Å². The van der Waals surface area contributed by atoms with Crippen molar-refractivity contribution in [3.63, 3.8) is 0 Å². The van der Waals surface area contributed by atoms with Crippen LogP contribution in [0.15, 0.2) is 71.7 Å². The second-order valence-electron chi connectivity index (χ2n) is 3.42. The lowest BCUT2D eigenvalue weighted by molar-refractivity contribution is -0.297. The lowest BCUT2D eigenvalue weighted by Crippen LogP contribution is -2.21. The van der Waals surface area contributed by atoms with Crippen molar-refractivity contribution in [2.75, 3.05) is 0 Å². The van der Waals surface area contributed by atoms with Gasteiger partial charge in [-0.15, -0.1) is 0 Å². The average molecular weight is 304 g/mol. The minimum absolute atomic E-state index is 0.123. The normalized spacial score (nSPS) is 8.94. The molecule has 2 rings (SSSR count). The molecular weight excluding hydrogens is 292 g/mol. The molecule has 0 spiro atoms. The molecule has 3 heteroatoms. The van der Waals surface area contributed by atoms with E-state index >= 15 is 0 Å². The van der Waals surface area contributed by atoms with Crippen molar-refractivity contribution in [2.45, 2.75) is 0 Å². The van der Waals surface area contributed by atoms with Crippen molar-refractivity contribution in [1.29, 1.82) is 0 Å². The highest BCUT2D eigenvalue weighted by Crippen LogP contribution is 2.17. The summed E-state index contributed by atoms with van der Waals surface area (Å²) >= 11 is 2.58. The molecule has 0 fully saturated rings. The maximum absolute atomic E-state index is 9.44. The van der Waals surface area contributed by atoms with Gasteiger partial charge in [-0.05, 0) is 27.1 Å². The molecule has 18 heavy (non-hydrogen) atoms. The quantitative estimate of drug-likeness (QED) is 0.800. The van der Waals surface area contributed by atoms with E-state index in [-0.39, 0.29) is 4.48 Å². The number of carboxylic acids is 1. The number of carboxylic acid groups (broad SMARTS) is 1. The van der Waals surface area contributed by atoms with Crippen molar-refractivity contribution in [2.24, 2.45) is 0 Å². The van der Waals surface area contributed by atoms with Gasteiger partial charge in [0.25, 0.3) is 0 Å². The van der Waals surface area contributed by atoms with Crippen molar-refractivity contribution in [3.05, 3.63) is 71.7 Å². The van der Waals surface area contributed by atoms with E-state index in [1.54, 1.807) is 0 Å². The van der Waals surface area contributed by atoms with Crippen LogP contribution in [0.4, 0.5) is 0 Å². The summed E-state index contributed by atoms with van der Waals surface area (Å²) < 4.78 is -0.123. The van der Waals surface area contributed by atoms with Gasteiger partial charge in [0.1, 0.15) is 0 Å². The average Bonchev–Trinajstić information content (AvgIpc) is 2.41. The van der Waals surface area contributed by atoms with Crippen LogP contribution in [0.1, 0.15) is 0 Å². The summed E-state index contributed by atoms with van der Waals surface area (Å²) in [7, 11) is 0. The Hall–Kier alpha value is -1.87. The first-order chi connectivity index (χ1) is 8.61. The number of rotatable bonds is 2. The molecule has 0 saturated carbocycles. The molecule has 0 saturated heterocycles. The third-order valence-corrected chi connectivity index (χ3v) is 2.43. The summed E-state index contributed by atoms with van der Waals surface area (Å²) in [5.74, 6) is -1.27. The molecule has 0 heterocycles. The Morgan fingerprint density at radius 1 is 0.889 bits per heavy atom. The maximum atomic E-state index is 9.44. The molecule has 2 nitrogen and oxygen atoms in total. The number of carbonyl (C=O) groups excluding carboxylic acids is 1. The largest absolute Gasteiger partial charge is 0.544 e. The van der Waals surface area contributed by atoms with Crippen LogP contribution in [-0.4, -0.2) is 5.97 Å². The highest BCUT2D eigenvalue weighted by molar-refractivity contribution is 9.12. The van der Waals surface area contributed by atoms with Gasteiger partial charge in [0.2, 0.25) is 0 Å². The fraction of sp³-hybridized carbons (Fsp3) is 0. The summed E-state index contributed by atoms with van der Waals surface area (Å²) in [6.45, 7) is 3.01. The Morgan fingerprint density at radius 3 is 1.39 bits per heavy atom. The van der Waals surface area contributed by atoms with E-state index in [1.807, 2.05) is 12.1 Å². The highest BCUT2D eigenvalue weighted by Gasteiger charge is 1.91. The second kappa shape index (κ2) is 7.45. The van der Waals surface area contributed by atoms with Crippen LogP contribution in [0.5, 0.6) is 0 Å². The SMILES string of the molecule is C=C(Br)C(=O)[O-].c1ccc(-c2ccccc2)cc1. The Labute approximate surface area is 115 Å². The summed E-state index contributed by atoms with van der Waals surface area (Å²) in [6.07, 6.45) is 0. The van der Waals surface area contributed by atoms with Gasteiger partial charge < -0.3 is 9.90 Å². The summed E-state index contributed by atoms with van der Waals surface area (Å²) in [4.78, 5) is 9.44. The molecule has 0 bridgehead atoms. The maximum Gasteiger partial charge on any atom is 0.0779 e. The molecule has 0 aliphatic heterocycles. The van der Waals surface area contributed by atoms with E-state index in [1.165, 1.54) is 11.1 Å². The predicted octanol–water partition coefficient (Wildman–Crippen LogP) is 3.00. The van der Waals surface area contributed by atoms with Crippen molar-refractivity contribution >= 4 is 21.9 Å². The van der Waals surface area contributed by atoms with Crippen LogP contribution < -0.4 is 5.11 Å². The molecule has 0 amide bonds.